The Morgan fingerprint density at radius 3 is 2.73 bits per heavy atom. The van der Waals surface area contributed by atoms with Crippen LogP contribution in [0.1, 0.15) is 11.4 Å². The minimum atomic E-state index is 0.594. The van der Waals surface area contributed by atoms with Crippen LogP contribution in [0, 0.1) is 6.92 Å². The van der Waals surface area contributed by atoms with Crippen molar-refractivity contribution in [1.29, 1.82) is 0 Å². The number of halogens is 1. The number of benzene rings is 1. The highest BCUT2D eigenvalue weighted by Gasteiger charge is 2.10. The first-order valence-corrected chi connectivity index (χ1v) is 9.02. The third kappa shape index (κ3) is 3.55. The van der Waals surface area contributed by atoms with Gasteiger partial charge in [0.25, 0.3) is 0 Å². The standard InChI is InChI=1S/C20H16BrN5/c1-13-4-2-6-16(24-13)12-23-20-17-8-7-15(21)10-18(17)25-19(26-20)14-5-3-9-22-11-14/h2-11H,12H2,1H3,(H,23,25,26). The van der Waals surface area contributed by atoms with Crippen LogP contribution in [-0.4, -0.2) is 19.9 Å². The predicted molar refractivity (Wildman–Crippen MR) is 107 cm³/mol. The Bertz CT molecular complexity index is 1070. The van der Waals surface area contributed by atoms with Gasteiger partial charge in [0, 0.05) is 33.5 Å². The minimum Gasteiger partial charge on any atom is -0.364 e. The zero-order chi connectivity index (χ0) is 17.9. The van der Waals surface area contributed by atoms with Crippen LogP contribution in [0.15, 0.2) is 65.4 Å². The predicted octanol–water partition coefficient (Wildman–Crippen LogP) is 4.77. The van der Waals surface area contributed by atoms with E-state index >= 15 is 0 Å². The Morgan fingerprint density at radius 1 is 1.00 bits per heavy atom. The van der Waals surface area contributed by atoms with Crippen LogP contribution in [-0.2, 0) is 6.54 Å². The number of hydrogen-bond donors (Lipinski definition) is 1. The van der Waals surface area contributed by atoms with Gasteiger partial charge in [-0.1, -0.05) is 22.0 Å². The average Bonchev–Trinajstić information content (AvgIpc) is 2.66. The van der Waals surface area contributed by atoms with E-state index in [2.05, 4.69) is 31.2 Å². The highest BCUT2D eigenvalue weighted by atomic mass is 79.9. The third-order valence-corrected chi connectivity index (χ3v) is 4.45. The molecule has 0 aliphatic heterocycles. The smallest absolute Gasteiger partial charge is 0.163 e. The molecule has 0 bridgehead atoms. The summed E-state index contributed by atoms with van der Waals surface area (Å²) in [6.07, 6.45) is 3.51. The fourth-order valence-corrected chi connectivity index (χ4v) is 3.08. The maximum absolute atomic E-state index is 4.73. The van der Waals surface area contributed by atoms with Crippen LogP contribution < -0.4 is 5.32 Å². The number of anilines is 1. The molecule has 0 saturated heterocycles. The van der Waals surface area contributed by atoms with Crippen molar-refractivity contribution in [3.8, 4) is 11.4 Å². The number of nitrogens with one attached hydrogen (secondary N) is 1. The van der Waals surface area contributed by atoms with Gasteiger partial charge in [-0.2, -0.15) is 0 Å². The summed E-state index contributed by atoms with van der Waals surface area (Å²) in [6, 6.07) is 15.8. The van der Waals surface area contributed by atoms with Crippen molar-refractivity contribution in [2.24, 2.45) is 0 Å². The summed E-state index contributed by atoms with van der Waals surface area (Å²) >= 11 is 3.52. The van der Waals surface area contributed by atoms with Crippen molar-refractivity contribution in [3.05, 3.63) is 76.8 Å². The Morgan fingerprint density at radius 2 is 1.92 bits per heavy atom. The molecule has 0 amide bonds. The van der Waals surface area contributed by atoms with Crippen LogP contribution in [0.5, 0.6) is 0 Å². The number of aryl methyl sites for hydroxylation is 1. The molecular formula is C20H16BrN5. The molecule has 0 spiro atoms. The fraction of sp³-hybridized carbons (Fsp3) is 0.100. The molecule has 4 rings (SSSR count). The zero-order valence-corrected chi connectivity index (χ0v) is 15.7. The second-order valence-electron chi connectivity index (χ2n) is 5.92. The van der Waals surface area contributed by atoms with Gasteiger partial charge in [-0.3, -0.25) is 9.97 Å². The van der Waals surface area contributed by atoms with Gasteiger partial charge in [0.05, 0.1) is 17.8 Å². The number of pyridine rings is 2. The average molecular weight is 406 g/mol. The third-order valence-electron chi connectivity index (χ3n) is 3.96. The lowest BCUT2D eigenvalue weighted by Gasteiger charge is -2.11. The summed E-state index contributed by atoms with van der Waals surface area (Å²) in [6.45, 7) is 2.58. The second kappa shape index (κ2) is 7.17. The van der Waals surface area contributed by atoms with E-state index in [0.717, 1.165) is 38.1 Å². The van der Waals surface area contributed by atoms with Gasteiger partial charge >= 0.3 is 0 Å². The minimum absolute atomic E-state index is 0.594. The Kier molecular flexibility index (Phi) is 4.58. The topological polar surface area (TPSA) is 63.6 Å². The Balaban J connectivity index is 1.76. The van der Waals surface area contributed by atoms with Crippen LogP contribution in [0.25, 0.3) is 22.3 Å². The largest absolute Gasteiger partial charge is 0.364 e. The molecule has 0 saturated carbocycles. The highest BCUT2D eigenvalue weighted by molar-refractivity contribution is 9.10. The molecule has 0 aliphatic rings. The first-order chi connectivity index (χ1) is 12.7. The van der Waals surface area contributed by atoms with Gasteiger partial charge in [0.2, 0.25) is 0 Å². The SMILES string of the molecule is Cc1cccc(CNc2nc(-c3cccnc3)nc3cc(Br)ccc23)n1. The van der Waals surface area contributed by atoms with E-state index in [9.17, 15) is 0 Å². The molecule has 1 N–H and O–H groups in total. The van der Waals surface area contributed by atoms with Gasteiger partial charge in [-0.15, -0.1) is 0 Å². The second-order valence-corrected chi connectivity index (χ2v) is 6.84. The molecule has 0 fully saturated rings. The number of nitrogens with zero attached hydrogens (tertiary/aromatic N) is 4. The van der Waals surface area contributed by atoms with Crippen molar-refractivity contribution < 1.29 is 0 Å². The van der Waals surface area contributed by atoms with Crippen molar-refractivity contribution >= 4 is 32.7 Å². The molecule has 26 heavy (non-hydrogen) atoms. The van der Waals surface area contributed by atoms with Crippen molar-refractivity contribution in [3.63, 3.8) is 0 Å². The molecule has 6 heteroatoms. The highest BCUT2D eigenvalue weighted by Crippen LogP contribution is 2.27. The number of rotatable bonds is 4. The molecule has 128 valence electrons. The van der Waals surface area contributed by atoms with Crippen molar-refractivity contribution in [2.75, 3.05) is 5.32 Å². The van der Waals surface area contributed by atoms with E-state index in [1.54, 1.807) is 12.4 Å². The molecule has 4 aromatic rings. The summed E-state index contributed by atoms with van der Waals surface area (Å²) in [5, 5.41) is 4.38. The molecule has 0 radical (unpaired) electrons. The molecule has 1 aromatic carbocycles. The van der Waals surface area contributed by atoms with Crippen molar-refractivity contribution in [1.82, 2.24) is 19.9 Å². The summed E-state index contributed by atoms with van der Waals surface area (Å²) in [5.74, 6) is 1.42. The van der Waals surface area contributed by atoms with Crippen LogP contribution in [0.2, 0.25) is 0 Å². The number of aromatic nitrogens is 4. The molecular weight excluding hydrogens is 390 g/mol. The monoisotopic (exact) mass is 405 g/mol. The van der Waals surface area contributed by atoms with E-state index < -0.39 is 0 Å². The summed E-state index contributed by atoms with van der Waals surface area (Å²) in [7, 11) is 0. The normalized spacial score (nSPS) is 10.8. The zero-order valence-electron chi connectivity index (χ0n) is 14.1. The molecule has 0 atom stereocenters. The lowest BCUT2D eigenvalue weighted by molar-refractivity contribution is 1.00. The quantitative estimate of drug-likeness (QED) is 0.529. The maximum atomic E-state index is 4.73. The van der Waals surface area contributed by atoms with E-state index in [0.29, 0.717) is 12.4 Å². The van der Waals surface area contributed by atoms with E-state index in [-0.39, 0.29) is 0 Å². The van der Waals surface area contributed by atoms with Gasteiger partial charge in [0.15, 0.2) is 5.82 Å². The van der Waals surface area contributed by atoms with E-state index in [4.69, 9.17) is 9.97 Å². The van der Waals surface area contributed by atoms with Crippen LogP contribution in [0.4, 0.5) is 5.82 Å². The maximum Gasteiger partial charge on any atom is 0.163 e. The summed E-state index contributed by atoms with van der Waals surface area (Å²) in [4.78, 5) is 18.1. The fourth-order valence-electron chi connectivity index (χ4n) is 2.73. The van der Waals surface area contributed by atoms with Crippen LogP contribution in [0.3, 0.4) is 0 Å². The lowest BCUT2D eigenvalue weighted by atomic mass is 10.2. The molecule has 3 aromatic heterocycles. The Hall–Kier alpha value is -2.86. The van der Waals surface area contributed by atoms with E-state index in [1.165, 1.54) is 0 Å². The molecule has 3 heterocycles. The van der Waals surface area contributed by atoms with Crippen molar-refractivity contribution in [2.45, 2.75) is 13.5 Å². The van der Waals surface area contributed by atoms with Crippen LogP contribution >= 0.6 is 15.9 Å². The van der Waals surface area contributed by atoms with Gasteiger partial charge < -0.3 is 5.32 Å². The molecule has 5 nitrogen and oxygen atoms in total. The summed E-state index contributed by atoms with van der Waals surface area (Å²) in [5.41, 5.74) is 3.72. The van der Waals surface area contributed by atoms with Gasteiger partial charge in [-0.25, -0.2) is 9.97 Å². The number of fused-ring (bicyclic) bond motifs is 1. The lowest BCUT2D eigenvalue weighted by Crippen LogP contribution is -2.06. The summed E-state index contributed by atoms with van der Waals surface area (Å²) < 4.78 is 0.979. The number of hydrogen-bond acceptors (Lipinski definition) is 5. The van der Waals surface area contributed by atoms with Gasteiger partial charge in [-0.05, 0) is 49.4 Å². The van der Waals surface area contributed by atoms with E-state index in [1.807, 2.05) is 55.5 Å². The first kappa shape index (κ1) is 16.6. The Labute approximate surface area is 159 Å². The molecule has 0 aliphatic carbocycles. The van der Waals surface area contributed by atoms with Gasteiger partial charge in [0.1, 0.15) is 5.82 Å². The first-order valence-electron chi connectivity index (χ1n) is 8.23. The molecule has 0 unspecified atom stereocenters.